The zero-order valence-corrected chi connectivity index (χ0v) is 13.4. The number of ether oxygens (including phenoxy) is 1. The van der Waals surface area contributed by atoms with Crippen LogP contribution in [0.5, 0.6) is 5.75 Å². The first-order valence-corrected chi connectivity index (χ1v) is 7.23. The number of rotatable bonds is 7. The zero-order chi connectivity index (χ0) is 17.4. The van der Waals surface area contributed by atoms with Crippen LogP contribution >= 0.6 is 0 Å². The Kier molecular flexibility index (Phi) is 6.96. The third-order valence-corrected chi connectivity index (χ3v) is 3.11. The molecule has 0 heterocycles. The van der Waals surface area contributed by atoms with E-state index < -0.39 is 17.9 Å². The molecule has 3 N–H and O–H groups in total. The number of carbonyl (C=O) groups is 2. The summed E-state index contributed by atoms with van der Waals surface area (Å²) in [5, 5.41) is 2.66. The molecule has 1 amide bonds. The normalized spacial score (nSPS) is 12.4. The molecule has 0 spiro atoms. The Morgan fingerprint density at radius 1 is 1.26 bits per heavy atom. The molecular weight excluding hydrogens is 292 g/mol. The number of hydrogen-bond donors (Lipinski definition) is 2. The van der Waals surface area contributed by atoms with Crippen LogP contribution in [-0.4, -0.2) is 17.9 Å². The molecule has 1 aromatic rings. The van der Waals surface area contributed by atoms with Crippen LogP contribution in [0.15, 0.2) is 61.3 Å². The molecular formula is C18H22N2O3. The van der Waals surface area contributed by atoms with Gasteiger partial charge in [0.05, 0.1) is 5.56 Å². The van der Waals surface area contributed by atoms with E-state index in [1.807, 2.05) is 13.8 Å². The van der Waals surface area contributed by atoms with Gasteiger partial charge in [-0.15, -0.1) is 0 Å². The Morgan fingerprint density at radius 3 is 2.48 bits per heavy atom. The van der Waals surface area contributed by atoms with Crippen LogP contribution in [0.1, 0.15) is 24.2 Å². The predicted molar refractivity (Wildman–Crippen MR) is 90.8 cm³/mol. The summed E-state index contributed by atoms with van der Waals surface area (Å²) in [5.74, 6) is -0.898. The Morgan fingerprint density at radius 2 is 1.91 bits per heavy atom. The standard InChI is InChI=1S/C18H22N2O3/c1-5-9-13(6-2)20-17(21)14-10-7-8-11-15(14)23-18(22)16(19)12(3)4/h5-12,16H,1-2,19H2,3-4H3,(H,20,21)/b13-9+. The van der Waals surface area contributed by atoms with E-state index >= 15 is 0 Å². The molecule has 5 heteroatoms. The average molecular weight is 314 g/mol. The molecule has 1 unspecified atom stereocenters. The minimum Gasteiger partial charge on any atom is -0.425 e. The Labute approximate surface area is 136 Å². The van der Waals surface area contributed by atoms with Crippen molar-refractivity contribution in [2.45, 2.75) is 19.9 Å². The van der Waals surface area contributed by atoms with Gasteiger partial charge in [-0.1, -0.05) is 45.2 Å². The maximum absolute atomic E-state index is 12.3. The van der Waals surface area contributed by atoms with E-state index in [9.17, 15) is 9.59 Å². The first-order chi connectivity index (χ1) is 10.9. The lowest BCUT2D eigenvalue weighted by Gasteiger charge is -2.16. The highest BCUT2D eigenvalue weighted by Gasteiger charge is 2.22. The van der Waals surface area contributed by atoms with Crippen molar-refractivity contribution in [3.05, 3.63) is 66.9 Å². The second kappa shape index (κ2) is 8.70. The van der Waals surface area contributed by atoms with Crippen LogP contribution in [0.4, 0.5) is 0 Å². The Bertz CT molecular complexity index is 633. The Balaban J connectivity index is 2.99. The van der Waals surface area contributed by atoms with E-state index in [4.69, 9.17) is 10.5 Å². The minimum absolute atomic E-state index is 0.0635. The van der Waals surface area contributed by atoms with E-state index in [0.29, 0.717) is 5.70 Å². The zero-order valence-electron chi connectivity index (χ0n) is 13.4. The van der Waals surface area contributed by atoms with Gasteiger partial charge in [-0.25, -0.2) is 4.79 Å². The van der Waals surface area contributed by atoms with Gasteiger partial charge >= 0.3 is 5.97 Å². The van der Waals surface area contributed by atoms with Gasteiger partial charge in [-0.3, -0.25) is 4.79 Å². The number of amides is 1. The third kappa shape index (κ3) is 5.23. The van der Waals surface area contributed by atoms with Gasteiger partial charge in [0, 0.05) is 5.70 Å². The highest BCUT2D eigenvalue weighted by atomic mass is 16.5. The number of nitrogens with one attached hydrogen (secondary N) is 1. The van der Waals surface area contributed by atoms with Crippen LogP contribution in [0.25, 0.3) is 0 Å². The molecule has 1 rings (SSSR count). The molecule has 0 aliphatic carbocycles. The van der Waals surface area contributed by atoms with Crippen molar-refractivity contribution in [2.24, 2.45) is 11.7 Å². The predicted octanol–water partition coefficient (Wildman–Crippen LogP) is 2.56. The summed E-state index contributed by atoms with van der Waals surface area (Å²) in [6.45, 7) is 10.8. The number of allylic oxidation sites excluding steroid dienone is 3. The number of benzene rings is 1. The number of esters is 1. The van der Waals surface area contributed by atoms with E-state index in [0.717, 1.165) is 0 Å². The molecule has 1 atom stereocenters. The van der Waals surface area contributed by atoms with E-state index in [1.54, 1.807) is 30.3 Å². The van der Waals surface area contributed by atoms with Crippen molar-refractivity contribution in [1.82, 2.24) is 5.32 Å². The summed E-state index contributed by atoms with van der Waals surface area (Å²) >= 11 is 0. The fraction of sp³-hybridized carbons (Fsp3) is 0.222. The van der Waals surface area contributed by atoms with Crippen LogP contribution in [-0.2, 0) is 4.79 Å². The second-order valence-corrected chi connectivity index (χ2v) is 5.20. The maximum atomic E-state index is 12.3. The summed E-state index contributed by atoms with van der Waals surface area (Å²) < 4.78 is 5.27. The van der Waals surface area contributed by atoms with Crippen molar-refractivity contribution in [2.75, 3.05) is 0 Å². The highest BCUT2D eigenvalue weighted by Crippen LogP contribution is 2.19. The van der Waals surface area contributed by atoms with Crippen LogP contribution in [0.3, 0.4) is 0 Å². The largest absolute Gasteiger partial charge is 0.425 e. The molecule has 23 heavy (non-hydrogen) atoms. The molecule has 0 saturated carbocycles. The van der Waals surface area contributed by atoms with Gasteiger partial charge < -0.3 is 15.8 Å². The molecule has 0 aliphatic heterocycles. The van der Waals surface area contributed by atoms with E-state index in [2.05, 4.69) is 18.5 Å². The van der Waals surface area contributed by atoms with Gasteiger partial charge in [0.1, 0.15) is 11.8 Å². The quantitative estimate of drug-likeness (QED) is 0.460. The highest BCUT2D eigenvalue weighted by molar-refractivity contribution is 5.99. The van der Waals surface area contributed by atoms with Crippen molar-refractivity contribution < 1.29 is 14.3 Å². The maximum Gasteiger partial charge on any atom is 0.328 e. The summed E-state index contributed by atoms with van der Waals surface area (Å²) in [5.41, 5.74) is 6.49. The molecule has 0 bridgehead atoms. The van der Waals surface area contributed by atoms with Gasteiger partial charge in [-0.2, -0.15) is 0 Å². The summed E-state index contributed by atoms with van der Waals surface area (Å²) in [7, 11) is 0. The molecule has 0 fully saturated rings. The van der Waals surface area contributed by atoms with E-state index in [-0.39, 0.29) is 17.2 Å². The smallest absolute Gasteiger partial charge is 0.328 e. The summed E-state index contributed by atoms with van der Waals surface area (Å²) in [4.78, 5) is 24.3. The van der Waals surface area contributed by atoms with Crippen LogP contribution in [0.2, 0.25) is 0 Å². The molecule has 0 aromatic heterocycles. The number of hydrogen-bond acceptors (Lipinski definition) is 4. The molecule has 5 nitrogen and oxygen atoms in total. The minimum atomic E-state index is -0.754. The number of para-hydroxylation sites is 1. The third-order valence-electron chi connectivity index (χ3n) is 3.11. The topological polar surface area (TPSA) is 81.4 Å². The SMILES string of the molecule is C=C/C=C(\C=C)NC(=O)c1ccccc1OC(=O)C(N)C(C)C. The molecule has 0 saturated heterocycles. The van der Waals surface area contributed by atoms with Gasteiger partial charge in [0.2, 0.25) is 0 Å². The lowest BCUT2D eigenvalue weighted by Crippen LogP contribution is -2.39. The fourth-order valence-corrected chi connectivity index (χ4v) is 1.68. The fourth-order valence-electron chi connectivity index (χ4n) is 1.68. The van der Waals surface area contributed by atoms with Crippen molar-refractivity contribution >= 4 is 11.9 Å². The van der Waals surface area contributed by atoms with Crippen molar-refractivity contribution in [1.29, 1.82) is 0 Å². The van der Waals surface area contributed by atoms with Gasteiger partial charge in [0.15, 0.2) is 0 Å². The lowest BCUT2D eigenvalue weighted by molar-refractivity contribution is -0.136. The van der Waals surface area contributed by atoms with Crippen LogP contribution in [0, 0.1) is 5.92 Å². The average Bonchev–Trinajstić information content (AvgIpc) is 2.53. The first-order valence-electron chi connectivity index (χ1n) is 7.23. The lowest BCUT2D eigenvalue weighted by atomic mass is 10.1. The molecule has 1 aromatic carbocycles. The summed E-state index contributed by atoms with van der Waals surface area (Å²) in [6.07, 6.45) is 4.63. The van der Waals surface area contributed by atoms with Crippen molar-refractivity contribution in [3.8, 4) is 5.75 Å². The molecule has 122 valence electrons. The Hall–Kier alpha value is -2.66. The second-order valence-electron chi connectivity index (χ2n) is 5.20. The molecule has 0 aliphatic rings. The number of nitrogens with two attached hydrogens (primary N) is 1. The van der Waals surface area contributed by atoms with Crippen LogP contribution < -0.4 is 15.8 Å². The monoisotopic (exact) mass is 314 g/mol. The molecule has 0 radical (unpaired) electrons. The first kappa shape index (κ1) is 18.4. The van der Waals surface area contributed by atoms with Gasteiger partial charge in [0.25, 0.3) is 5.91 Å². The van der Waals surface area contributed by atoms with Crippen molar-refractivity contribution in [3.63, 3.8) is 0 Å². The summed E-state index contributed by atoms with van der Waals surface area (Å²) in [6, 6.07) is 5.71. The number of carbonyl (C=O) groups excluding carboxylic acids is 2. The van der Waals surface area contributed by atoms with Gasteiger partial charge in [-0.05, 0) is 30.2 Å². The van der Waals surface area contributed by atoms with E-state index in [1.165, 1.54) is 12.2 Å².